The van der Waals surface area contributed by atoms with E-state index < -0.39 is 29.2 Å². The lowest BCUT2D eigenvalue weighted by Crippen LogP contribution is -2.55. The van der Waals surface area contributed by atoms with Gasteiger partial charge >= 0.3 is 12.1 Å². The van der Waals surface area contributed by atoms with Crippen molar-refractivity contribution in [3.8, 4) is 0 Å². The molecule has 0 radical (unpaired) electrons. The number of carbonyl (C=O) groups is 3. The van der Waals surface area contributed by atoms with Crippen LogP contribution in [0.1, 0.15) is 53.9 Å². The summed E-state index contributed by atoms with van der Waals surface area (Å²) in [5, 5.41) is 11.6. The van der Waals surface area contributed by atoms with Gasteiger partial charge in [0, 0.05) is 5.54 Å². The second-order valence-corrected chi connectivity index (χ2v) is 7.22. The second kappa shape index (κ2) is 6.54. The maximum Gasteiger partial charge on any atom is 0.408 e. The van der Waals surface area contributed by atoms with E-state index in [1.807, 2.05) is 13.8 Å². The fourth-order valence-corrected chi connectivity index (χ4v) is 2.49. The molecule has 1 aliphatic rings. The number of aliphatic carboxylic acids is 1. The number of hydrogen-bond acceptors (Lipinski definition) is 4. The van der Waals surface area contributed by atoms with Crippen LogP contribution in [0.5, 0.6) is 0 Å². The largest absolute Gasteiger partial charge is 0.480 e. The Morgan fingerprint density at radius 1 is 1.41 bits per heavy atom. The average molecular weight is 314 g/mol. The van der Waals surface area contributed by atoms with Crippen LogP contribution < -0.4 is 5.32 Å². The number of carboxylic acids is 1. The first kappa shape index (κ1) is 18.3. The Kier molecular flexibility index (Phi) is 5.43. The predicted octanol–water partition coefficient (Wildman–Crippen LogP) is 1.76. The van der Waals surface area contributed by atoms with Crippen LogP contribution in [-0.4, -0.2) is 51.7 Å². The lowest BCUT2D eigenvalue weighted by molar-refractivity contribution is -0.149. The number of ether oxygens (including phenoxy) is 1. The zero-order valence-corrected chi connectivity index (χ0v) is 13.9. The van der Waals surface area contributed by atoms with Gasteiger partial charge in [-0.1, -0.05) is 0 Å². The first-order valence-corrected chi connectivity index (χ1v) is 7.45. The molecule has 0 spiro atoms. The molecule has 0 aliphatic carbocycles. The summed E-state index contributed by atoms with van der Waals surface area (Å²) in [7, 11) is 0. The maximum absolute atomic E-state index is 12.6. The topological polar surface area (TPSA) is 95.9 Å². The number of hydrogen-bond donors (Lipinski definition) is 2. The Morgan fingerprint density at radius 3 is 2.50 bits per heavy atom. The Balaban J connectivity index is 2.86. The van der Waals surface area contributed by atoms with Crippen molar-refractivity contribution in [3.63, 3.8) is 0 Å². The minimum atomic E-state index is -1.07. The summed E-state index contributed by atoms with van der Waals surface area (Å²) in [6.07, 6.45) is 1.20. The normalized spacial score (nSPS) is 22.0. The van der Waals surface area contributed by atoms with Crippen LogP contribution in [0.25, 0.3) is 0 Å². The summed E-state index contributed by atoms with van der Waals surface area (Å²) in [6, 6.07) is -0.754. The summed E-state index contributed by atoms with van der Waals surface area (Å²) < 4.78 is 5.16. The summed E-state index contributed by atoms with van der Waals surface area (Å²) >= 11 is 0. The summed E-state index contributed by atoms with van der Waals surface area (Å²) in [5.41, 5.74) is -1.21. The molecule has 0 bridgehead atoms. The number of amides is 2. The van der Waals surface area contributed by atoms with Crippen LogP contribution in [0, 0.1) is 0 Å². The molecule has 0 unspecified atom stereocenters. The minimum absolute atomic E-state index is 0.377. The third-order valence-corrected chi connectivity index (χ3v) is 3.56. The van der Waals surface area contributed by atoms with Crippen molar-refractivity contribution in [3.05, 3.63) is 0 Å². The zero-order chi connectivity index (χ0) is 17.1. The molecule has 2 N–H and O–H groups in total. The molecule has 1 saturated heterocycles. The van der Waals surface area contributed by atoms with Gasteiger partial charge in [0.2, 0.25) is 5.91 Å². The molecule has 7 nitrogen and oxygen atoms in total. The van der Waals surface area contributed by atoms with Crippen LogP contribution in [0.15, 0.2) is 0 Å². The first-order chi connectivity index (χ1) is 9.92. The number of rotatable bonds is 3. The number of carbonyl (C=O) groups excluding carboxylic acids is 2. The Labute approximate surface area is 131 Å². The Morgan fingerprint density at radius 2 is 2.00 bits per heavy atom. The number of likely N-dealkylation sites (tertiary alicyclic amines) is 1. The van der Waals surface area contributed by atoms with Crippen LogP contribution in [0.4, 0.5) is 4.79 Å². The van der Waals surface area contributed by atoms with Gasteiger partial charge in [0.1, 0.15) is 18.2 Å². The van der Waals surface area contributed by atoms with Crippen molar-refractivity contribution in [1.82, 2.24) is 10.2 Å². The summed E-state index contributed by atoms with van der Waals surface area (Å²) in [6.45, 7) is 8.51. The third-order valence-electron chi connectivity index (χ3n) is 3.56. The first-order valence-electron chi connectivity index (χ1n) is 7.45. The molecule has 1 rings (SSSR count). The summed E-state index contributed by atoms with van der Waals surface area (Å²) in [5.74, 6) is -1.45. The summed E-state index contributed by atoms with van der Waals surface area (Å²) in [4.78, 5) is 36.8. The molecule has 0 aromatic carbocycles. The van der Waals surface area contributed by atoms with Crippen molar-refractivity contribution in [1.29, 1.82) is 0 Å². The van der Waals surface area contributed by atoms with Crippen molar-refractivity contribution < 1.29 is 24.2 Å². The van der Waals surface area contributed by atoms with Crippen LogP contribution in [0.3, 0.4) is 0 Å². The van der Waals surface area contributed by atoms with E-state index in [9.17, 15) is 14.4 Å². The molecule has 2 amide bonds. The van der Waals surface area contributed by atoms with Crippen LogP contribution in [-0.2, 0) is 14.3 Å². The highest BCUT2D eigenvalue weighted by atomic mass is 16.6. The van der Waals surface area contributed by atoms with Crippen molar-refractivity contribution in [2.45, 2.75) is 71.1 Å². The number of alkyl carbamates (subject to hydrolysis) is 1. The lowest BCUT2D eigenvalue weighted by Gasteiger charge is -2.37. The molecule has 1 atom stereocenters. The van der Waals surface area contributed by atoms with Gasteiger partial charge in [-0.3, -0.25) is 9.59 Å². The highest BCUT2D eigenvalue weighted by molar-refractivity contribution is 5.89. The molecule has 7 heteroatoms. The molecule has 1 aliphatic heterocycles. The highest BCUT2D eigenvalue weighted by Crippen LogP contribution is 2.27. The van der Waals surface area contributed by atoms with E-state index in [0.717, 1.165) is 6.42 Å². The zero-order valence-electron chi connectivity index (χ0n) is 13.9. The van der Waals surface area contributed by atoms with E-state index in [4.69, 9.17) is 9.84 Å². The lowest BCUT2D eigenvalue weighted by atomic mass is 9.97. The van der Waals surface area contributed by atoms with Crippen molar-refractivity contribution in [2.75, 3.05) is 6.54 Å². The van der Waals surface area contributed by atoms with E-state index >= 15 is 0 Å². The average Bonchev–Trinajstić information content (AvgIpc) is 2.39. The van der Waals surface area contributed by atoms with Gasteiger partial charge < -0.3 is 20.1 Å². The molecule has 0 aromatic heterocycles. The molecule has 22 heavy (non-hydrogen) atoms. The van der Waals surface area contributed by atoms with Gasteiger partial charge in [-0.05, 0) is 53.9 Å². The van der Waals surface area contributed by atoms with Gasteiger partial charge in [0.15, 0.2) is 0 Å². The van der Waals surface area contributed by atoms with E-state index in [-0.39, 0.29) is 12.5 Å². The Bertz CT molecular complexity index is 453. The van der Waals surface area contributed by atoms with Gasteiger partial charge in [-0.2, -0.15) is 0 Å². The van der Waals surface area contributed by atoms with Crippen molar-refractivity contribution in [2.24, 2.45) is 0 Å². The number of nitrogens with one attached hydrogen (secondary N) is 1. The minimum Gasteiger partial charge on any atom is -0.480 e. The smallest absolute Gasteiger partial charge is 0.408 e. The molecular formula is C15H26N2O5. The highest BCUT2D eigenvalue weighted by Gasteiger charge is 2.39. The fourth-order valence-electron chi connectivity index (χ4n) is 2.49. The standard InChI is InChI=1S/C15H26N2O5/c1-14(2,3)22-13(21)16-10-7-6-8-15(4,5)17(12(10)20)9-11(18)19/h10H,6-9H2,1-5H3,(H,16,21)(H,18,19)/t10-/m0/s1. The molecule has 1 heterocycles. The van der Waals surface area contributed by atoms with Gasteiger partial charge in [0.05, 0.1) is 0 Å². The van der Waals surface area contributed by atoms with Crippen LogP contribution in [0.2, 0.25) is 0 Å². The maximum atomic E-state index is 12.6. The number of nitrogens with zero attached hydrogens (tertiary/aromatic N) is 1. The van der Waals surface area contributed by atoms with E-state index in [0.29, 0.717) is 12.8 Å². The van der Waals surface area contributed by atoms with E-state index in [1.165, 1.54) is 4.90 Å². The Hall–Kier alpha value is -1.79. The van der Waals surface area contributed by atoms with Gasteiger partial charge in [0.25, 0.3) is 0 Å². The van der Waals surface area contributed by atoms with E-state index in [1.54, 1.807) is 20.8 Å². The van der Waals surface area contributed by atoms with Gasteiger partial charge in [-0.15, -0.1) is 0 Å². The monoisotopic (exact) mass is 314 g/mol. The predicted molar refractivity (Wildman–Crippen MR) is 80.4 cm³/mol. The number of carboxylic acid groups (broad SMARTS) is 1. The quantitative estimate of drug-likeness (QED) is 0.827. The fraction of sp³-hybridized carbons (Fsp3) is 0.800. The van der Waals surface area contributed by atoms with Crippen LogP contribution >= 0.6 is 0 Å². The molecule has 0 saturated carbocycles. The van der Waals surface area contributed by atoms with Crippen molar-refractivity contribution >= 4 is 18.0 Å². The molecule has 126 valence electrons. The third kappa shape index (κ3) is 5.20. The molecular weight excluding hydrogens is 288 g/mol. The second-order valence-electron chi connectivity index (χ2n) is 7.22. The molecule has 0 aromatic rings. The molecule has 1 fully saturated rings. The van der Waals surface area contributed by atoms with Gasteiger partial charge in [-0.25, -0.2) is 4.79 Å². The SMILES string of the molecule is CC(C)(C)OC(=O)N[C@H]1CCCC(C)(C)N(CC(=O)O)C1=O. The van der Waals surface area contributed by atoms with E-state index in [2.05, 4.69) is 5.32 Å².